The molecule has 1 aromatic heterocycles. The number of piperidine rings is 1. The van der Waals surface area contributed by atoms with Gasteiger partial charge >= 0.3 is 0 Å². The molecule has 0 amide bonds. The van der Waals surface area contributed by atoms with Gasteiger partial charge in [0, 0.05) is 4.88 Å². The fraction of sp³-hybridized carbons (Fsp3) is 0.692. The molecule has 1 unspecified atom stereocenters. The van der Waals surface area contributed by atoms with Gasteiger partial charge in [-0.2, -0.15) is 0 Å². The molecule has 0 bridgehead atoms. The molecule has 1 atom stereocenters. The van der Waals surface area contributed by atoms with E-state index >= 15 is 0 Å². The third kappa shape index (κ3) is 2.46. The zero-order valence-electron chi connectivity index (χ0n) is 9.88. The quantitative estimate of drug-likeness (QED) is 0.925. The second kappa shape index (κ2) is 5.00. The van der Waals surface area contributed by atoms with Crippen LogP contribution in [0.1, 0.15) is 24.1 Å². The van der Waals surface area contributed by atoms with Crippen LogP contribution in [0.25, 0.3) is 0 Å². The van der Waals surface area contributed by atoms with Crippen LogP contribution >= 0.6 is 27.3 Å². The Kier molecular flexibility index (Phi) is 3.57. The number of ether oxygens (including phenoxy) is 1. The van der Waals surface area contributed by atoms with E-state index in [2.05, 4.69) is 33.4 Å². The number of halogens is 1. The van der Waals surface area contributed by atoms with Crippen molar-refractivity contribution in [2.24, 2.45) is 5.92 Å². The van der Waals surface area contributed by atoms with Gasteiger partial charge in [-0.15, -0.1) is 11.3 Å². The molecule has 1 N–H and O–H groups in total. The zero-order valence-corrected chi connectivity index (χ0v) is 12.3. The monoisotopic (exact) mass is 315 g/mol. The van der Waals surface area contributed by atoms with Gasteiger partial charge in [0.1, 0.15) is 0 Å². The summed E-state index contributed by atoms with van der Waals surface area (Å²) >= 11 is 5.44. The average Bonchev–Trinajstić information content (AvgIpc) is 2.72. The number of rotatable bonds is 3. The maximum absolute atomic E-state index is 5.51. The maximum atomic E-state index is 5.51. The average molecular weight is 316 g/mol. The van der Waals surface area contributed by atoms with Gasteiger partial charge in [-0.3, -0.25) is 0 Å². The first-order chi connectivity index (χ1) is 8.28. The highest BCUT2D eigenvalue weighted by atomic mass is 79.9. The summed E-state index contributed by atoms with van der Waals surface area (Å²) in [6, 6.07) is 4.44. The van der Waals surface area contributed by atoms with Crippen molar-refractivity contribution in [2.75, 3.05) is 26.3 Å². The number of thiophene rings is 1. The van der Waals surface area contributed by atoms with E-state index < -0.39 is 0 Å². The molecule has 0 spiro atoms. The molecular formula is C13H18BrNOS. The summed E-state index contributed by atoms with van der Waals surface area (Å²) in [4.78, 5) is 1.50. The van der Waals surface area contributed by atoms with Crippen molar-refractivity contribution in [3.05, 3.63) is 20.8 Å². The van der Waals surface area contributed by atoms with Crippen LogP contribution in [-0.2, 0) is 10.2 Å². The molecule has 1 aromatic rings. The van der Waals surface area contributed by atoms with Crippen LogP contribution in [0.5, 0.6) is 0 Å². The maximum Gasteiger partial charge on any atom is 0.0701 e. The van der Waals surface area contributed by atoms with Crippen LogP contribution in [0.4, 0.5) is 0 Å². The molecule has 2 aliphatic heterocycles. The van der Waals surface area contributed by atoms with Crippen molar-refractivity contribution in [1.29, 1.82) is 0 Å². The van der Waals surface area contributed by atoms with Gasteiger partial charge in [-0.1, -0.05) is 0 Å². The van der Waals surface area contributed by atoms with Crippen molar-refractivity contribution in [3.63, 3.8) is 0 Å². The molecule has 3 heterocycles. The minimum Gasteiger partial charge on any atom is -0.379 e. The van der Waals surface area contributed by atoms with Gasteiger partial charge in [-0.25, -0.2) is 0 Å². The molecule has 94 valence electrons. The van der Waals surface area contributed by atoms with Gasteiger partial charge in [0.05, 0.1) is 22.4 Å². The first kappa shape index (κ1) is 12.2. The molecule has 2 nitrogen and oxygen atoms in total. The minimum atomic E-state index is 0.320. The molecule has 0 radical (unpaired) electrons. The van der Waals surface area contributed by atoms with E-state index in [-0.39, 0.29) is 0 Å². The molecule has 0 aromatic carbocycles. The van der Waals surface area contributed by atoms with Crippen molar-refractivity contribution < 1.29 is 4.74 Å². The molecule has 4 heteroatoms. The highest BCUT2D eigenvalue weighted by Crippen LogP contribution is 2.43. The lowest BCUT2D eigenvalue weighted by Crippen LogP contribution is -2.49. The molecular weight excluding hydrogens is 298 g/mol. The third-order valence-electron chi connectivity index (χ3n) is 3.93. The number of hydrogen-bond acceptors (Lipinski definition) is 3. The number of hydrogen-bond donors (Lipinski definition) is 1. The molecule has 2 fully saturated rings. The van der Waals surface area contributed by atoms with E-state index in [1.807, 2.05) is 11.3 Å². The Morgan fingerprint density at radius 3 is 2.88 bits per heavy atom. The molecule has 2 saturated heterocycles. The highest BCUT2D eigenvalue weighted by Gasteiger charge is 2.43. The summed E-state index contributed by atoms with van der Waals surface area (Å²) in [5, 5.41) is 3.52. The lowest BCUT2D eigenvalue weighted by Gasteiger charge is -2.43. The van der Waals surface area contributed by atoms with E-state index in [0.717, 1.165) is 19.1 Å². The van der Waals surface area contributed by atoms with Crippen LogP contribution in [0.15, 0.2) is 15.9 Å². The van der Waals surface area contributed by atoms with E-state index in [1.165, 1.54) is 41.0 Å². The van der Waals surface area contributed by atoms with E-state index in [9.17, 15) is 0 Å². The Balaban J connectivity index is 1.73. The molecule has 17 heavy (non-hydrogen) atoms. The Bertz CT molecular complexity index is 383. The first-order valence-corrected chi connectivity index (χ1v) is 7.94. The Morgan fingerprint density at radius 1 is 1.47 bits per heavy atom. The predicted molar refractivity (Wildman–Crippen MR) is 74.7 cm³/mol. The van der Waals surface area contributed by atoms with Crippen LogP contribution in [0.2, 0.25) is 0 Å². The normalized spacial score (nSPS) is 27.7. The van der Waals surface area contributed by atoms with Gasteiger partial charge in [0.25, 0.3) is 0 Å². The highest BCUT2D eigenvalue weighted by molar-refractivity contribution is 9.11. The molecule has 2 aliphatic rings. The second-order valence-electron chi connectivity index (χ2n) is 5.29. The summed E-state index contributed by atoms with van der Waals surface area (Å²) in [5.74, 6) is 0.827. The van der Waals surface area contributed by atoms with Crippen LogP contribution < -0.4 is 5.32 Å². The van der Waals surface area contributed by atoms with Gasteiger partial charge in [0.15, 0.2) is 0 Å². The van der Waals surface area contributed by atoms with Gasteiger partial charge < -0.3 is 10.1 Å². The Hall–Kier alpha value is 0.1000. The van der Waals surface area contributed by atoms with Gasteiger partial charge in [-0.05, 0) is 66.3 Å². The molecule has 0 saturated carbocycles. The standard InChI is InChI=1S/C13H18BrNOS/c14-12-4-3-11(17-12)13(8-16-9-13)6-10-2-1-5-15-7-10/h3-4,10,15H,1-2,5-9H2. The summed E-state index contributed by atoms with van der Waals surface area (Å²) in [7, 11) is 0. The van der Waals surface area contributed by atoms with E-state index in [0.29, 0.717) is 5.41 Å². The smallest absolute Gasteiger partial charge is 0.0701 e. The molecule has 0 aliphatic carbocycles. The van der Waals surface area contributed by atoms with E-state index in [4.69, 9.17) is 4.74 Å². The predicted octanol–water partition coefficient (Wildman–Crippen LogP) is 3.17. The summed E-state index contributed by atoms with van der Waals surface area (Å²) < 4.78 is 6.75. The Labute approximate surface area is 115 Å². The summed E-state index contributed by atoms with van der Waals surface area (Å²) in [6.07, 6.45) is 3.99. The van der Waals surface area contributed by atoms with Gasteiger partial charge in [0.2, 0.25) is 0 Å². The fourth-order valence-electron chi connectivity index (χ4n) is 2.96. The summed E-state index contributed by atoms with van der Waals surface area (Å²) in [5.41, 5.74) is 0.320. The minimum absolute atomic E-state index is 0.320. The third-order valence-corrected chi connectivity index (χ3v) is 5.80. The molecule has 3 rings (SSSR count). The van der Waals surface area contributed by atoms with Crippen LogP contribution in [0, 0.1) is 5.92 Å². The Morgan fingerprint density at radius 2 is 2.35 bits per heavy atom. The van der Waals surface area contributed by atoms with Crippen LogP contribution in [-0.4, -0.2) is 26.3 Å². The largest absolute Gasteiger partial charge is 0.379 e. The van der Waals surface area contributed by atoms with Crippen molar-refractivity contribution in [3.8, 4) is 0 Å². The fourth-order valence-corrected chi connectivity index (χ4v) is 4.51. The van der Waals surface area contributed by atoms with Crippen molar-refractivity contribution in [2.45, 2.75) is 24.7 Å². The van der Waals surface area contributed by atoms with Crippen molar-refractivity contribution >= 4 is 27.3 Å². The summed E-state index contributed by atoms with van der Waals surface area (Å²) in [6.45, 7) is 4.21. The topological polar surface area (TPSA) is 21.3 Å². The first-order valence-electron chi connectivity index (χ1n) is 6.33. The lowest BCUT2D eigenvalue weighted by molar-refractivity contribution is -0.0708. The van der Waals surface area contributed by atoms with E-state index in [1.54, 1.807) is 0 Å². The number of nitrogens with one attached hydrogen (secondary N) is 1. The lowest BCUT2D eigenvalue weighted by atomic mass is 9.74. The second-order valence-corrected chi connectivity index (χ2v) is 7.76. The zero-order chi connectivity index (χ0) is 11.7. The van der Waals surface area contributed by atoms with Crippen LogP contribution in [0.3, 0.4) is 0 Å². The van der Waals surface area contributed by atoms with Crippen molar-refractivity contribution in [1.82, 2.24) is 5.32 Å². The SMILES string of the molecule is Brc1ccc(C2(CC3CCCNC3)COC2)s1.